The van der Waals surface area contributed by atoms with Crippen LogP contribution >= 0.6 is 11.3 Å². The summed E-state index contributed by atoms with van der Waals surface area (Å²) in [6, 6.07) is 9.82. The molecular formula is C19H23N3OS. The van der Waals surface area contributed by atoms with Gasteiger partial charge in [0.1, 0.15) is 0 Å². The minimum Gasteiger partial charge on any atom is -0.345 e. The molecule has 0 fully saturated rings. The molecule has 5 heteroatoms. The molecular weight excluding hydrogens is 318 g/mol. The standard InChI is InChI=1S/C19H23N3OS/c1-12-9-10-22(21-12)17-7-5-16(6-8-17)19(23)20-14(3)18-11-13(2)24-15(18)4/h5-8,11,14H,9-10H2,1-4H3,(H,20,23). The van der Waals surface area contributed by atoms with Gasteiger partial charge in [-0.15, -0.1) is 11.3 Å². The highest BCUT2D eigenvalue weighted by atomic mass is 32.1. The number of amides is 1. The summed E-state index contributed by atoms with van der Waals surface area (Å²) in [4.78, 5) is 15.0. The molecule has 1 atom stereocenters. The van der Waals surface area contributed by atoms with Crippen molar-refractivity contribution in [1.82, 2.24) is 5.32 Å². The Balaban J connectivity index is 1.68. The van der Waals surface area contributed by atoms with E-state index >= 15 is 0 Å². The summed E-state index contributed by atoms with van der Waals surface area (Å²) in [5.41, 5.74) is 4.05. The maximum atomic E-state index is 12.5. The molecule has 1 aliphatic heterocycles. The molecule has 126 valence electrons. The first-order valence-electron chi connectivity index (χ1n) is 8.23. The highest BCUT2D eigenvalue weighted by Gasteiger charge is 2.16. The van der Waals surface area contributed by atoms with Gasteiger partial charge in [-0.25, -0.2) is 0 Å². The van der Waals surface area contributed by atoms with E-state index in [0.29, 0.717) is 5.56 Å². The van der Waals surface area contributed by atoms with E-state index in [1.807, 2.05) is 43.1 Å². The zero-order chi connectivity index (χ0) is 17.3. The number of hydrazone groups is 1. The summed E-state index contributed by atoms with van der Waals surface area (Å²) >= 11 is 1.77. The number of carbonyl (C=O) groups excluding carboxylic acids is 1. The van der Waals surface area contributed by atoms with E-state index in [0.717, 1.165) is 24.4 Å². The number of rotatable bonds is 4. The van der Waals surface area contributed by atoms with Gasteiger partial charge in [-0.2, -0.15) is 5.10 Å². The van der Waals surface area contributed by atoms with Gasteiger partial charge in [0.25, 0.3) is 5.91 Å². The molecule has 0 aliphatic carbocycles. The van der Waals surface area contributed by atoms with Crippen LogP contribution < -0.4 is 10.3 Å². The van der Waals surface area contributed by atoms with Crippen LogP contribution in [0.15, 0.2) is 35.4 Å². The van der Waals surface area contributed by atoms with Crippen LogP contribution in [0.1, 0.15) is 52.0 Å². The van der Waals surface area contributed by atoms with Crippen molar-refractivity contribution in [2.24, 2.45) is 5.10 Å². The van der Waals surface area contributed by atoms with Crippen LogP contribution in [0.2, 0.25) is 0 Å². The first-order chi connectivity index (χ1) is 11.4. The third-order valence-corrected chi connectivity index (χ3v) is 5.28. The summed E-state index contributed by atoms with van der Waals surface area (Å²) in [7, 11) is 0. The van der Waals surface area contributed by atoms with Gasteiger partial charge in [0.05, 0.1) is 11.7 Å². The minimum atomic E-state index is -0.0431. The lowest BCUT2D eigenvalue weighted by molar-refractivity contribution is 0.0940. The third-order valence-electron chi connectivity index (χ3n) is 4.30. The fourth-order valence-electron chi connectivity index (χ4n) is 2.98. The van der Waals surface area contributed by atoms with E-state index in [1.54, 1.807) is 11.3 Å². The summed E-state index contributed by atoms with van der Waals surface area (Å²) in [5.74, 6) is -0.0431. The highest BCUT2D eigenvalue weighted by Crippen LogP contribution is 2.26. The second kappa shape index (κ2) is 6.77. The topological polar surface area (TPSA) is 44.7 Å². The fraction of sp³-hybridized carbons (Fsp3) is 0.368. The second-order valence-corrected chi connectivity index (χ2v) is 7.78. The van der Waals surface area contributed by atoms with Gasteiger partial charge < -0.3 is 5.32 Å². The molecule has 1 unspecified atom stereocenters. The van der Waals surface area contributed by atoms with Crippen LogP contribution in [0.25, 0.3) is 0 Å². The van der Waals surface area contributed by atoms with Gasteiger partial charge >= 0.3 is 0 Å². The Labute approximate surface area is 147 Å². The van der Waals surface area contributed by atoms with Gasteiger partial charge in [0.2, 0.25) is 0 Å². The van der Waals surface area contributed by atoms with Crippen molar-refractivity contribution < 1.29 is 4.79 Å². The Morgan fingerprint density at radius 3 is 2.50 bits per heavy atom. The molecule has 2 heterocycles. The monoisotopic (exact) mass is 341 g/mol. The molecule has 24 heavy (non-hydrogen) atoms. The van der Waals surface area contributed by atoms with Crippen LogP contribution in [0.5, 0.6) is 0 Å². The van der Waals surface area contributed by atoms with Crippen LogP contribution in [-0.4, -0.2) is 18.2 Å². The number of hydrogen-bond acceptors (Lipinski definition) is 4. The SMILES string of the molecule is CC1=NN(c2ccc(C(=O)NC(C)c3cc(C)sc3C)cc2)CC1. The zero-order valence-corrected chi connectivity index (χ0v) is 15.4. The molecule has 1 amide bonds. The maximum absolute atomic E-state index is 12.5. The van der Waals surface area contributed by atoms with Crippen molar-refractivity contribution in [3.05, 3.63) is 51.2 Å². The first-order valence-corrected chi connectivity index (χ1v) is 9.05. The Morgan fingerprint density at radius 2 is 1.96 bits per heavy atom. The average molecular weight is 341 g/mol. The van der Waals surface area contributed by atoms with Crippen molar-refractivity contribution in [3.63, 3.8) is 0 Å². The molecule has 1 aromatic heterocycles. The number of nitrogens with one attached hydrogen (secondary N) is 1. The molecule has 0 spiro atoms. The van der Waals surface area contributed by atoms with Crippen molar-refractivity contribution in [2.75, 3.05) is 11.6 Å². The van der Waals surface area contributed by atoms with Gasteiger partial charge in [0.15, 0.2) is 0 Å². The number of thiophene rings is 1. The Bertz CT molecular complexity index is 776. The van der Waals surface area contributed by atoms with Gasteiger partial charge in [0, 0.05) is 34.0 Å². The normalized spacial score (nSPS) is 15.3. The summed E-state index contributed by atoms with van der Waals surface area (Å²) in [6.07, 6.45) is 0.999. The molecule has 0 saturated carbocycles. The predicted molar refractivity (Wildman–Crippen MR) is 101 cm³/mol. The number of nitrogens with zero attached hydrogens (tertiary/aromatic N) is 2. The highest BCUT2D eigenvalue weighted by molar-refractivity contribution is 7.12. The predicted octanol–water partition coefficient (Wildman–Crippen LogP) is 4.44. The summed E-state index contributed by atoms with van der Waals surface area (Å²) in [6.45, 7) is 9.17. The number of aryl methyl sites for hydroxylation is 2. The van der Waals surface area contributed by atoms with E-state index in [2.05, 4.69) is 30.3 Å². The molecule has 1 aliphatic rings. The Kier molecular flexibility index (Phi) is 4.71. The van der Waals surface area contributed by atoms with Gasteiger partial charge in [-0.1, -0.05) is 0 Å². The van der Waals surface area contributed by atoms with E-state index in [-0.39, 0.29) is 11.9 Å². The van der Waals surface area contributed by atoms with Crippen LogP contribution in [0.4, 0.5) is 5.69 Å². The Hall–Kier alpha value is -2.14. The van der Waals surface area contributed by atoms with Crippen molar-refractivity contribution in [1.29, 1.82) is 0 Å². The summed E-state index contributed by atoms with van der Waals surface area (Å²) in [5, 5.41) is 9.56. The molecule has 2 aromatic rings. The quantitative estimate of drug-likeness (QED) is 0.893. The van der Waals surface area contributed by atoms with E-state index < -0.39 is 0 Å². The molecule has 0 saturated heterocycles. The fourth-order valence-corrected chi connectivity index (χ4v) is 4.01. The zero-order valence-electron chi connectivity index (χ0n) is 14.6. The van der Waals surface area contributed by atoms with Crippen LogP contribution in [-0.2, 0) is 0 Å². The van der Waals surface area contributed by atoms with Crippen LogP contribution in [0.3, 0.4) is 0 Å². The summed E-state index contributed by atoms with van der Waals surface area (Å²) < 4.78 is 0. The molecule has 4 nitrogen and oxygen atoms in total. The first kappa shape index (κ1) is 16.7. The van der Waals surface area contributed by atoms with Crippen molar-refractivity contribution in [2.45, 2.75) is 40.2 Å². The van der Waals surface area contributed by atoms with E-state index in [9.17, 15) is 4.79 Å². The van der Waals surface area contributed by atoms with E-state index in [1.165, 1.54) is 15.3 Å². The average Bonchev–Trinajstić information content (AvgIpc) is 3.12. The van der Waals surface area contributed by atoms with Gasteiger partial charge in [-0.3, -0.25) is 9.80 Å². The lowest BCUT2D eigenvalue weighted by atomic mass is 10.1. The smallest absolute Gasteiger partial charge is 0.251 e. The number of anilines is 1. The molecule has 0 radical (unpaired) electrons. The van der Waals surface area contributed by atoms with Gasteiger partial charge in [-0.05, 0) is 63.6 Å². The second-order valence-electron chi connectivity index (χ2n) is 6.32. The molecule has 0 bridgehead atoms. The molecule has 1 N–H and O–H groups in total. The van der Waals surface area contributed by atoms with Crippen molar-refractivity contribution in [3.8, 4) is 0 Å². The van der Waals surface area contributed by atoms with E-state index in [4.69, 9.17) is 0 Å². The number of benzene rings is 1. The number of carbonyl (C=O) groups is 1. The molecule has 1 aromatic carbocycles. The Morgan fingerprint density at radius 1 is 1.25 bits per heavy atom. The van der Waals surface area contributed by atoms with Crippen molar-refractivity contribution >= 4 is 28.6 Å². The maximum Gasteiger partial charge on any atom is 0.251 e. The third kappa shape index (κ3) is 3.51. The number of hydrogen-bond donors (Lipinski definition) is 1. The van der Waals surface area contributed by atoms with Crippen LogP contribution in [0, 0.1) is 13.8 Å². The minimum absolute atomic E-state index is 0.00737. The largest absolute Gasteiger partial charge is 0.345 e. The lowest BCUT2D eigenvalue weighted by Crippen LogP contribution is -2.26. The lowest BCUT2D eigenvalue weighted by Gasteiger charge is -2.16. The molecule has 3 rings (SSSR count).